The van der Waals surface area contributed by atoms with E-state index in [9.17, 15) is 14.4 Å². The van der Waals surface area contributed by atoms with Crippen LogP contribution in [0.4, 0.5) is 0 Å². The van der Waals surface area contributed by atoms with E-state index in [4.69, 9.17) is 28.4 Å². The van der Waals surface area contributed by atoms with Gasteiger partial charge in [0.15, 0.2) is 23.0 Å². The third kappa shape index (κ3) is 9.93. The zero-order valence-corrected chi connectivity index (χ0v) is 26.1. The van der Waals surface area contributed by atoms with Gasteiger partial charge in [-0.05, 0) is 25.2 Å². The van der Waals surface area contributed by atoms with Crippen molar-refractivity contribution in [2.45, 2.75) is 91.8 Å². The molecule has 1 aromatic rings. The third-order valence-corrected chi connectivity index (χ3v) is 7.86. The number of Topliss-reactive ketones (excluding diaryl/α,β-unsaturated/α-hetero) is 1. The Balaban J connectivity index is 1.74. The van der Waals surface area contributed by atoms with Crippen LogP contribution in [0.25, 0.3) is 0 Å². The highest BCUT2D eigenvalue weighted by Gasteiger charge is 2.37. The first-order chi connectivity index (χ1) is 20.1. The Morgan fingerprint density at radius 2 is 1.83 bits per heavy atom. The summed E-state index contributed by atoms with van der Waals surface area (Å²) in [4.78, 5) is 42.9. The summed E-state index contributed by atoms with van der Waals surface area (Å²) in [6.07, 6.45) is 7.58. The normalized spacial score (nSPS) is 24.0. The second-order valence-electron chi connectivity index (χ2n) is 12.3. The minimum absolute atomic E-state index is 0.0241. The lowest BCUT2D eigenvalue weighted by Crippen LogP contribution is -2.40. The van der Waals surface area contributed by atoms with Crippen LogP contribution < -0.4 is 9.47 Å². The fourth-order valence-corrected chi connectivity index (χ4v) is 5.59. The number of rotatable bonds is 13. The van der Waals surface area contributed by atoms with E-state index in [0.717, 1.165) is 6.42 Å². The van der Waals surface area contributed by atoms with E-state index < -0.39 is 36.5 Å². The van der Waals surface area contributed by atoms with Gasteiger partial charge in [-0.3, -0.25) is 14.4 Å². The van der Waals surface area contributed by atoms with Crippen LogP contribution in [0.5, 0.6) is 11.5 Å². The maximum absolute atomic E-state index is 13.5. The van der Waals surface area contributed by atoms with Crippen molar-refractivity contribution in [1.29, 1.82) is 0 Å². The number of cyclic esters (lactones) is 1. The molecule has 0 bridgehead atoms. The molecule has 0 N–H and O–H groups in total. The molecule has 2 heterocycles. The maximum Gasteiger partial charge on any atom is 0.312 e. The lowest BCUT2D eigenvalue weighted by Gasteiger charge is -2.34. The van der Waals surface area contributed by atoms with Crippen LogP contribution in [0.2, 0.25) is 0 Å². The Hall–Kier alpha value is -2.72. The van der Waals surface area contributed by atoms with Gasteiger partial charge in [0.2, 0.25) is 6.79 Å². The Labute approximate surface area is 250 Å². The van der Waals surface area contributed by atoms with Crippen molar-refractivity contribution in [3.05, 3.63) is 18.0 Å². The van der Waals surface area contributed by atoms with Gasteiger partial charge in [-0.2, -0.15) is 0 Å². The zero-order chi connectivity index (χ0) is 30.6. The van der Waals surface area contributed by atoms with Crippen LogP contribution in [0, 0.1) is 29.6 Å². The molecule has 2 fully saturated rings. The molecule has 1 aliphatic carbocycles. The number of ether oxygens (including phenoxy) is 6. The van der Waals surface area contributed by atoms with Crippen molar-refractivity contribution in [3.8, 4) is 11.5 Å². The highest BCUT2D eigenvalue weighted by Crippen LogP contribution is 2.34. The van der Waals surface area contributed by atoms with Crippen molar-refractivity contribution >= 4 is 17.7 Å². The van der Waals surface area contributed by atoms with Crippen LogP contribution in [0.15, 0.2) is 12.3 Å². The number of nitrogens with zero attached hydrogens (tertiary/aromatic N) is 1. The molecule has 0 radical (unpaired) electrons. The monoisotopic (exact) mass is 591 g/mol. The zero-order valence-electron chi connectivity index (χ0n) is 26.1. The standard InChI is InChI=1S/C32H49NO9/c1-20(2)16-39-29-22(5)42-32(36)25(18-38-17-24(29)14-23-10-8-7-9-11-23)15-26(34)28-30(27(37-6)12-13-33-28)40-19-41-31(35)21(3)4/h12-13,20-25,29H,7-11,14-19H2,1-6H3/t22-,24-,25-,29-/m0/s1. The fourth-order valence-electron chi connectivity index (χ4n) is 5.59. The lowest BCUT2D eigenvalue weighted by atomic mass is 9.80. The molecule has 236 valence electrons. The van der Waals surface area contributed by atoms with E-state index in [0.29, 0.717) is 25.0 Å². The molecule has 1 saturated heterocycles. The number of carbonyl (C=O) groups is 3. The third-order valence-electron chi connectivity index (χ3n) is 7.86. The van der Waals surface area contributed by atoms with Gasteiger partial charge in [0.05, 0.1) is 38.3 Å². The summed E-state index contributed by atoms with van der Waals surface area (Å²) < 4.78 is 34.5. The molecular weight excluding hydrogens is 542 g/mol. The number of carbonyl (C=O) groups excluding carboxylic acids is 3. The number of aromatic nitrogens is 1. The van der Waals surface area contributed by atoms with Crippen molar-refractivity contribution in [1.82, 2.24) is 4.98 Å². The lowest BCUT2D eigenvalue weighted by molar-refractivity contribution is -0.163. The van der Waals surface area contributed by atoms with E-state index in [1.54, 1.807) is 19.9 Å². The van der Waals surface area contributed by atoms with Gasteiger partial charge in [0, 0.05) is 31.2 Å². The predicted molar refractivity (Wildman–Crippen MR) is 155 cm³/mol. The first-order valence-corrected chi connectivity index (χ1v) is 15.4. The molecule has 1 aromatic heterocycles. The number of methoxy groups -OCH3 is 1. The molecule has 0 unspecified atom stereocenters. The van der Waals surface area contributed by atoms with E-state index in [2.05, 4.69) is 18.8 Å². The molecule has 0 spiro atoms. The summed E-state index contributed by atoms with van der Waals surface area (Å²) in [6.45, 7) is 10.1. The predicted octanol–water partition coefficient (Wildman–Crippen LogP) is 5.40. The van der Waals surface area contributed by atoms with Crippen molar-refractivity contribution in [3.63, 3.8) is 0 Å². The molecule has 1 aliphatic heterocycles. The number of hydrogen-bond acceptors (Lipinski definition) is 10. The minimum Gasteiger partial charge on any atom is -0.493 e. The van der Waals surface area contributed by atoms with Gasteiger partial charge >= 0.3 is 11.9 Å². The van der Waals surface area contributed by atoms with Crippen molar-refractivity contribution in [2.24, 2.45) is 29.6 Å². The molecule has 10 heteroatoms. The Kier molecular flexibility index (Phi) is 13.5. The van der Waals surface area contributed by atoms with Crippen LogP contribution >= 0.6 is 0 Å². The Morgan fingerprint density at radius 3 is 2.50 bits per heavy atom. The quantitative estimate of drug-likeness (QED) is 0.167. The summed E-state index contributed by atoms with van der Waals surface area (Å²) in [5.74, 6) is -1.24. The van der Waals surface area contributed by atoms with Gasteiger partial charge in [0.25, 0.3) is 0 Å². The summed E-state index contributed by atoms with van der Waals surface area (Å²) in [6, 6.07) is 1.54. The number of pyridine rings is 1. The molecule has 10 nitrogen and oxygen atoms in total. The van der Waals surface area contributed by atoms with Gasteiger partial charge < -0.3 is 28.4 Å². The summed E-state index contributed by atoms with van der Waals surface area (Å²) in [7, 11) is 1.43. The number of esters is 2. The van der Waals surface area contributed by atoms with Gasteiger partial charge in [-0.25, -0.2) is 4.98 Å². The first kappa shape index (κ1) is 33.8. The van der Waals surface area contributed by atoms with E-state index >= 15 is 0 Å². The first-order valence-electron chi connectivity index (χ1n) is 15.4. The fraction of sp³-hybridized carbons (Fsp3) is 0.750. The SMILES string of the molecule is COc1ccnc(C(=O)C[C@H]2COC[C@H](CC3CCCCC3)[C@@H](OCC(C)C)[C@H](C)OC2=O)c1OCOC(=O)C(C)C. The number of ketones is 1. The van der Waals surface area contributed by atoms with Gasteiger partial charge in [-0.15, -0.1) is 0 Å². The average Bonchev–Trinajstić information content (AvgIpc) is 3.00. The maximum atomic E-state index is 13.5. The van der Waals surface area contributed by atoms with E-state index in [1.807, 2.05) is 6.92 Å². The van der Waals surface area contributed by atoms with Crippen LogP contribution in [0.3, 0.4) is 0 Å². The molecule has 2 aliphatic rings. The Morgan fingerprint density at radius 1 is 1.10 bits per heavy atom. The highest BCUT2D eigenvalue weighted by molar-refractivity contribution is 5.99. The number of hydrogen-bond donors (Lipinski definition) is 0. The molecular formula is C32H49NO9. The second-order valence-corrected chi connectivity index (χ2v) is 12.3. The largest absolute Gasteiger partial charge is 0.493 e. The molecule has 4 atom stereocenters. The van der Waals surface area contributed by atoms with Gasteiger partial charge in [0.1, 0.15) is 6.10 Å². The Bertz CT molecular complexity index is 1020. The van der Waals surface area contributed by atoms with E-state index in [1.165, 1.54) is 45.4 Å². The smallest absolute Gasteiger partial charge is 0.312 e. The molecule has 0 amide bonds. The minimum atomic E-state index is -0.834. The highest BCUT2D eigenvalue weighted by atomic mass is 16.7. The van der Waals surface area contributed by atoms with Crippen molar-refractivity contribution in [2.75, 3.05) is 33.7 Å². The van der Waals surface area contributed by atoms with Crippen LogP contribution in [-0.4, -0.2) is 68.6 Å². The van der Waals surface area contributed by atoms with E-state index in [-0.39, 0.29) is 48.2 Å². The summed E-state index contributed by atoms with van der Waals surface area (Å²) >= 11 is 0. The molecule has 3 rings (SSSR count). The van der Waals surface area contributed by atoms with Crippen LogP contribution in [0.1, 0.15) is 90.1 Å². The molecule has 0 aromatic carbocycles. The molecule has 42 heavy (non-hydrogen) atoms. The average molecular weight is 592 g/mol. The van der Waals surface area contributed by atoms with Crippen LogP contribution in [-0.2, 0) is 28.5 Å². The van der Waals surface area contributed by atoms with Gasteiger partial charge in [-0.1, -0.05) is 59.8 Å². The van der Waals surface area contributed by atoms with Crippen molar-refractivity contribution < 1.29 is 42.8 Å². The molecule has 1 saturated carbocycles. The summed E-state index contributed by atoms with van der Waals surface area (Å²) in [5, 5.41) is 0. The topological polar surface area (TPSA) is 119 Å². The second kappa shape index (κ2) is 16.8. The summed E-state index contributed by atoms with van der Waals surface area (Å²) in [5.41, 5.74) is -0.0241.